The maximum atomic E-state index is 12.5. The molecule has 1 saturated carbocycles. The van der Waals surface area contributed by atoms with Crippen LogP contribution in [0.15, 0.2) is 33.6 Å². The summed E-state index contributed by atoms with van der Waals surface area (Å²) in [6.07, 6.45) is 2.34. The van der Waals surface area contributed by atoms with Gasteiger partial charge in [0.05, 0.1) is 5.75 Å². The largest absolute Gasteiger partial charge is 0.336 e. The third-order valence-electron chi connectivity index (χ3n) is 3.81. The van der Waals surface area contributed by atoms with Crippen LogP contribution in [0.2, 0.25) is 0 Å². The molecular formula is C16H22BrNOS. The topological polar surface area (TPSA) is 20.3 Å². The number of nitrogens with zero attached hydrogens (tertiary/aromatic N) is 1. The Morgan fingerprint density at radius 2 is 1.90 bits per heavy atom. The van der Waals surface area contributed by atoms with E-state index in [4.69, 9.17) is 0 Å². The van der Waals surface area contributed by atoms with Gasteiger partial charge in [0.1, 0.15) is 0 Å². The average Bonchev–Trinajstić information content (AvgIpc) is 3.22. The van der Waals surface area contributed by atoms with Crippen LogP contribution >= 0.6 is 27.7 Å². The average molecular weight is 356 g/mol. The van der Waals surface area contributed by atoms with E-state index in [1.807, 2.05) is 12.1 Å². The summed E-state index contributed by atoms with van der Waals surface area (Å²) in [4.78, 5) is 15.8. The number of thioether (sulfide) groups is 1. The van der Waals surface area contributed by atoms with E-state index in [-0.39, 0.29) is 5.91 Å². The number of hydrogen-bond donors (Lipinski definition) is 0. The van der Waals surface area contributed by atoms with Crippen molar-refractivity contribution in [1.29, 1.82) is 0 Å². The molecule has 1 aliphatic carbocycles. The normalized spacial score (nSPS) is 16.2. The summed E-state index contributed by atoms with van der Waals surface area (Å²) in [5.41, 5.74) is 0. The van der Waals surface area contributed by atoms with Crippen molar-refractivity contribution in [2.75, 3.05) is 5.75 Å². The van der Waals surface area contributed by atoms with Crippen LogP contribution in [-0.4, -0.2) is 28.6 Å². The standard InChI is InChI=1S/C16H22BrNOS/c1-11(2)12(3)18(14-6-7-14)16(19)10-20-15-8-4-13(17)5-9-15/h4-5,8-9,11-12,14H,6-7,10H2,1-3H3. The van der Waals surface area contributed by atoms with Gasteiger partial charge in [0.25, 0.3) is 0 Å². The summed E-state index contributed by atoms with van der Waals surface area (Å²) in [5.74, 6) is 1.33. The highest BCUT2D eigenvalue weighted by Crippen LogP contribution is 2.32. The molecule has 0 heterocycles. The minimum Gasteiger partial charge on any atom is -0.336 e. The SMILES string of the molecule is CC(C)C(C)N(C(=O)CSc1ccc(Br)cc1)C1CC1. The molecule has 1 aromatic rings. The van der Waals surface area contributed by atoms with E-state index in [0.29, 0.717) is 23.8 Å². The van der Waals surface area contributed by atoms with Crippen LogP contribution < -0.4 is 0 Å². The molecule has 0 bridgehead atoms. The zero-order valence-corrected chi connectivity index (χ0v) is 14.7. The molecule has 1 fully saturated rings. The zero-order valence-electron chi connectivity index (χ0n) is 12.3. The van der Waals surface area contributed by atoms with Gasteiger partial charge in [-0.3, -0.25) is 4.79 Å². The maximum Gasteiger partial charge on any atom is 0.233 e. The number of benzene rings is 1. The number of halogens is 1. The van der Waals surface area contributed by atoms with Gasteiger partial charge in [-0.05, 0) is 49.9 Å². The molecule has 1 amide bonds. The molecule has 110 valence electrons. The first-order valence-electron chi connectivity index (χ1n) is 7.18. The van der Waals surface area contributed by atoms with E-state index < -0.39 is 0 Å². The second-order valence-corrected chi connectivity index (χ2v) is 7.72. The van der Waals surface area contributed by atoms with Crippen LogP contribution in [0, 0.1) is 5.92 Å². The lowest BCUT2D eigenvalue weighted by atomic mass is 10.0. The third-order valence-corrected chi connectivity index (χ3v) is 5.33. The summed E-state index contributed by atoms with van der Waals surface area (Å²) in [7, 11) is 0. The van der Waals surface area contributed by atoms with E-state index in [9.17, 15) is 4.79 Å². The van der Waals surface area contributed by atoms with Crippen molar-refractivity contribution in [3.05, 3.63) is 28.7 Å². The fourth-order valence-corrected chi connectivity index (χ4v) is 3.22. The Morgan fingerprint density at radius 3 is 2.40 bits per heavy atom. The van der Waals surface area contributed by atoms with Gasteiger partial charge in [0, 0.05) is 21.5 Å². The fourth-order valence-electron chi connectivity index (χ4n) is 2.19. The summed E-state index contributed by atoms with van der Waals surface area (Å²) < 4.78 is 1.07. The molecule has 1 unspecified atom stereocenters. The molecule has 0 N–H and O–H groups in total. The second kappa shape index (κ2) is 6.99. The Kier molecular flexibility index (Phi) is 5.56. The number of rotatable bonds is 6. The minimum atomic E-state index is 0.279. The minimum absolute atomic E-state index is 0.279. The molecule has 1 aliphatic rings. The van der Waals surface area contributed by atoms with E-state index in [0.717, 1.165) is 9.37 Å². The monoisotopic (exact) mass is 355 g/mol. The molecule has 20 heavy (non-hydrogen) atoms. The molecule has 0 aromatic heterocycles. The molecule has 0 saturated heterocycles. The van der Waals surface area contributed by atoms with Gasteiger partial charge in [-0.2, -0.15) is 0 Å². The van der Waals surface area contributed by atoms with Crippen molar-refractivity contribution in [2.24, 2.45) is 5.92 Å². The van der Waals surface area contributed by atoms with E-state index in [2.05, 4.69) is 53.7 Å². The molecule has 2 nitrogen and oxygen atoms in total. The van der Waals surface area contributed by atoms with Gasteiger partial charge >= 0.3 is 0 Å². The van der Waals surface area contributed by atoms with Crippen LogP contribution in [0.3, 0.4) is 0 Å². The molecular weight excluding hydrogens is 334 g/mol. The lowest BCUT2D eigenvalue weighted by molar-refractivity contribution is -0.131. The van der Waals surface area contributed by atoms with Crippen molar-refractivity contribution < 1.29 is 4.79 Å². The van der Waals surface area contributed by atoms with Crippen LogP contribution in [-0.2, 0) is 4.79 Å². The predicted octanol–water partition coefficient (Wildman–Crippen LogP) is 4.58. The smallest absolute Gasteiger partial charge is 0.233 e. The second-order valence-electron chi connectivity index (χ2n) is 5.76. The van der Waals surface area contributed by atoms with Gasteiger partial charge < -0.3 is 4.90 Å². The molecule has 1 aromatic carbocycles. The lowest BCUT2D eigenvalue weighted by Crippen LogP contribution is -2.44. The Balaban J connectivity index is 1.93. The van der Waals surface area contributed by atoms with Gasteiger partial charge in [0.15, 0.2) is 0 Å². The molecule has 0 spiro atoms. The third kappa shape index (κ3) is 4.26. The van der Waals surface area contributed by atoms with Crippen molar-refractivity contribution >= 4 is 33.6 Å². The quantitative estimate of drug-likeness (QED) is 0.696. The Labute approximate surface area is 134 Å². The first-order chi connectivity index (χ1) is 9.49. The molecule has 2 rings (SSSR count). The zero-order chi connectivity index (χ0) is 14.7. The molecule has 0 aliphatic heterocycles. The van der Waals surface area contributed by atoms with Gasteiger partial charge in [-0.15, -0.1) is 11.8 Å². The first kappa shape index (κ1) is 15.9. The van der Waals surface area contributed by atoms with Crippen molar-refractivity contribution in [3.8, 4) is 0 Å². The van der Waals surface area contributed by atoms with Gasteiger partial charge in [-0.25, -0.2) is 0 Å². The summed E-state index contributed by atoms with van der Waals surface area (Å²) in [5, 5.41) is 0. The van der Waals surface area contributed by atoms with Crippen molar-refractivity contribution in [3.63, 3.8) is 0 Å². The van der Waals surface area contributed by atoms with Crippen LogP contribution in [0.1, 0.15) is 33.6 Å². The van der Waals surface area contributed by atoms with Crippen LogP contribution in [0.25, 0.3) is 0 Å². The summed E-state index contributed by atoms with van der Waals surface area (Å²) in [6.45, 7) is 6.55. The van der Waals surface area contributed by atoms with Gasteiger partial charge in [-0.1, -0.05) is 29.8 Å². The van der Waals surface area contributed by atoms with E-state index in [1.165, 1.54) is 12.8 Å². The highest BCUT2D eigenvalue weighted by atomic mass is 79.9. The molecule has 4 heteroatoms. The van der Waals surface area contributed by atoms with Gasteiger partial charge in [0.2, 0.25) is 5.91 Å². The Bertz CT molecular complexity index is 456. The van der Waals surface area contributed by atoms with E-state index >= 15 is 0 Å². The van der Waals surface area contributed by atoms with Crippen molar-refractivity contribution in [1.82, 2.24) is 4.90 Å². The summed E-state index contributed by atoms with van der Waals surface area (Å²) in [6, 6.07) is 8.96. The Hall–Kier alpha value is -0.480. The number of carbonyl (C=O) groups is 1. The first-order valence-corrected chi connectivity index (χ1v) is 8.96. The fraction of sp³-hybridized carbons (Fsp3) is 0.562. The number of carbonyl (C=O) groups excluding carboxylic acids is 1. The van der Waals surface area contributed by atoms with Crippen molar-refractivity contribution in [2.45, 2.75) is 50.6 Å². The number of hydrogen-bond acceptors (Lipinski definition) is 2. The van der Waals surface area contributed by atoms with Crippen LogP contribution in [0.4, 0.5) is 0 Å². The molecule has 1 atom stereocenters. The Morgan fingerprint density at radius 1 is 1.30 bits per heavy atom. The number of amides is 1. The highest BCUT2D eigenvalue weighted by molar-refractivity contribution is 9.10. The highest BCUT2D eigenvalue weighted by Gasteiger charge is 2.36. The summed E-state index contributed by atoms with van der Waals surface area (Å²) >= 11 is 5.05. The van der Waals surface area contributed by atoms with Crippen LogP contribution in [0.5, 0.6) is 0 Å². The maximum absolute atomic E-state index is 12.5. The lowest BCUT2D eigenvalue weighted by Gasteiger charge is -2.32. The predicted molar refractivity (Wildman–Crippen MR) is 89.0 cm³/mol. The van der Waals surface area contributed by atoms with E-state index in [1.54, 1.807) is 11.8 Å². The molecule has 0 radical (unpaired) electrons.